The van der Waals surface area contributed by atoms with Crippen LogP contribution in [0.15, 0.2) is 47.6 Å². The lowest BCUT2D eigenvalue weighted by atomic mass is 9.90. The topological polar surface area (TPSA) is 42.0 Å². The van der Waals surface area contributed by atoms with Crippen molar-refractivity contribution in [2.45, 2.75) is 30.2 Å². The van der Waals surface area contributed by atoms with E-state index in [2.05, 4.69) is 34.6 Å². The number of piperidine rings is 1. The molecule has 0 bridgehead atoms. The van der Waals surface area contributed by atoms with Gasteiger partial charge in [0.05, 0.1) is 5.03 Å². The van der Waals surface area contributed by atoms with Gasteiger partial charge in [-0.2, -0.15) is 0 Å². The van der Waals surface area contributed by atoms with Crippen LogP contribution in [0.5, 0.6) is 0 Å². The summed E-state index contributed by atoms with van der Waals surface area (Å²) < 4.78 is 0. The number of hydrogen-bond donors (Lipinski definition) is 1. The Morgan fingerprint density at radius 1 is 1.26 bits per heavy atom. The molecule has 1 aliphatic heterocycles. The van der Waals surface area contributed by atoms with Crippen LogP contribution in [0.2, 0.25) is 0 Å². The molecule has 0 saturated carbocycles. The summed E-state index contributed by atoms with van der Waals surface area (Å²) in [5, 5.41) is 4.39. The molecule has 3 rings (SSSR count). The first-order chi connectivity index (χ1) is 11.3. The Labute approximate surface area is 141 Å². The molecule has 1 aromatic heterocycles. The normalized spacial score (nSPS) is 17.9. The predicted molar refractivity (Wildman–Crippen MR) is 95.3 cm³/mol. The van der Waals surface area contributed by atoms with Crippen LogP contribution in [0, 0.1) is 0 Å². The van der Waals surface area contributed by atoms with Crippen LogP contribution in [0.3, 0.4) is 0 Å². The monoisotopic (exact) mass is 326 g/mol. The number of rotatable bonds is 5. The van der Waals surface area contributed by atoms with Gasteiger partial charge in [0.2, 0.25) is 0 Å². The number of carbonyl (C=O) groups is 1. The molecule has 1 aromatic carbocycles. The lowest BCUT2D eigenvalue weighted by Gasteiger charge is -2.23. The van der Waals surface area contributed by atoms with Gasteiger partial charge < -0.3 is 5.32 Å². The van der Waals surface area contributed by atoms with Gasteiger partial charge in [0.1, 0.15) is 0 Å². The maximum Gasteiger partial charge on any atom is 0.168 e. The van der Waals surface area contributed by atoms with E-state index in [1.54, 1.807) is 18.0 Å². The largest absolute Gasteiger partial charge is 0.316 e. The highest BCUT2D eigenvalue weighted by atomic mass is 32.2. The van der Waals surface area contributed by atoms with Crippen molar-refractivity contribution in [3.63, 3.8) is 0 Å². The zero-order valence-corrected chi connectivity index (χ0v) is 14.2. The summed E-state index contributed by atoms with van der Waals surface area (Å²) in [6.45, 7) is 2.19. The van der Waals surface area contributed by atoms with Gasteiger partial charge >= 0.3 is 0 Å². The Balaban J connectivity index is 1.63. The number of carbonyl (C=O) groups excluding carboxylic acids is 1. The van der Waals surface area contributed by atoms with Crippen LogP contribution in [0.1, 0.15) is 40.2 Å². The van der Waals surface area contributed by atoms with Crippen LogP contribution in [-0.2, 0) is 6.42 Å². The molecule has 1 aliphatic rings. The number of Topliss-reactive ketones (excluding diaryl/α,β-unsaturated/α-hetero) is 1. The number of pyridine rings is 1. The van der Waals surface area contributed by atoms with E-state index in [4.69, 9.17) is 0 Å². The summed E-state index contributed by atoms with van der Waals surface area (Å²) in [7, 11) is 0. The summed E-state index contributed by atoms with van der Waals surface area (Å²) in [5.74, 6) is 0.731. The van der Waals surface area contributed by atoms with Crippen LogP contribution >= 0.6 is 11.8 Å². The van der Waals surface area contributed by atoms with E-state index in [1.807, 2.05) is 18.4 Å². The summed E-state index contributed by atoms with van der Waals surface area (Å²) in [5.41, 5.74) is 3.12. The van der Waals surface area contributed by atoms with E-state index in [-0.39, 0.29) is 5.78 Å². The second kappa shape index (κ2) is 7.75. The predicted octanol–water partition coefficient (Wildman–Crippen LogP) is 3.70. The molecule has 1 atom stereocenters. The molecular formula is C19H22N2OS. The number of hydrogen-bond acceptors (Lipinski definition) is 4. The SMILES string of the molecule is CSc1ccc(C(=O)Cc2ccc([C@@H]3CCCNC3)cc2)cn1. The van der Waals surface area contributed by atoms with E-state index < -0.39 is 0 Å². The second-order valence-corrected chi connectivity index (χ2v) is 6.80. The summed E-state index contributed by atoms with van der Waals surface area (Å²) in [6, 6.07) is 12.3. The number of nitrogens with one attached hydrogen (secondary N) is 1. The van der Waals surface area contributed by atoms with Crippen molar-refractivity contribution in [3.8, 4) is 0 Å². The highest BCUT2D eigenvalue weighted by molar-refractivity contribution is 7.98. The van der Waals surface area contributed by atoms with Gasteiger partial charge in [0, 0.05) is 24.7 Å². The van der Waals surface area contributed by atoms with Gasteiger partial charge in [-0.25, -0.2) is 4.98 Å². The van der Waals surface area contributed by atoms with E-state index in [9.17, 15) is 4.79 Å². The summed E-state index contributed by atoms with van der Waals surface area (Å²) in [4.78, 5) is 16.6. The first-order valence-corrected chi connectivity index (χ1v) is 9.31. The highest BCUT2D eigenvalue weighted by Crippen LogP contribution is 2.23. The number of thioether (sulfide) groups is 1. The Morgan fingerprint density at radius 2 is 2.09 bits per heavy atom. The number of aromatic nitrogens is 1. The fourth-order valence-electron chi connectivity index (χ4n) is 3.00. The van der Waals surface area contributed by atoms with Crippen LogP contribution < -0.4 is 5.32 Å². The van der Waals surface area contributed by atoms with Crippen molar-refractivity contribution in [2.24, 2.45) is 0 Å². The van der Waals surface area contributed by atoms with Gasteiger partial charge in [-0.3, -0.25) is 4.79 Å². The molecule has 0 unspecified atom stereocenters. The fourth-order valence-corrected chi connectivity index (χ4v) is 3.36. The lowest BCUT2D eigenvalue weighted by molar-refractivity contribution is 0.0992. The van der Waals surface area contributed by atoms with Gasteiger partial charge in [0.15, 0.2) is 5.78 Å². The molecule has 2 heterocycles. The smallest absolute Gasteiger partial charge is 0.168 e. The van der Waals surface area contributed by atoms with Gasteiger partial charge in [0.25, 0.3) is 0 Å². The fraction of sp³-hybridized carbons (Fsp3) is 0.368. The van der Waals surface area contributed by atoms with Crippen LogP contribution in [0.4, 0.5) is 0 Å². The van der Waals surface area contributed by atoms with Crippen molar-refractivity contribution in [1.29, 1.82) is 0 Å². The molecule has 4 heteroatoms. The van der Waals surface area contributed by atoms with Crippen molar-refractivity contribution >= 4 is 17.5 Å². The quantitative estimate of drug-likeness (QED) is 0.672. The highest BCUT2D eigenvalue weighted by Gasteiger charge is 2.15. The zero-order chi connectivity index (χ0) is 16.1. The van der Waals surface area contributed by atoms with Crippen molar-refractivity contribution in [2.75, 3.05) is 19.3 Å². The average Bonchev–Trinajstić information content (AvgIpc) is 2.63. The Hall–Kier alpha value is -1.65. The van der Waals surface area contributed by atoms with E-state index in [0.29, 0.717) is 17.9 Å². The van der Waals surface area contributed by atoms with Crippen LogP contribution in [0.25, 0.3) is 0 Å². The lowest BCUT2D eigenvalue weighted by Crippen LogP contribution is -2.28. The molecule has 0 amide bonds. The molecule has 0 radical (unpaired) electrons. The van der Waals surface area contributed by atoms with Gasteiger partial charge in [-0.15, -0.1) is 11.8 Å². The maximum absolute atomic E-state index is 12.3. The zero-order valence-electron chi connectivity index (χ0n) is 13.4. The van der Waals surface area contributed by atoms with Gasteiger partial charge in [-0.1, -0.05) is 24.3 Å². The minimum absolute atomic E-state index is 0.122. The standard InChI is InChI=1S/C19H22N2OS/c1-23-19-9-8-17(13-21-19)18(22)11-14-4-6-15(7-5-14)16-3-2-10-20-12-16/h4-9,13,16,20H,2-3,10-12H2,1H3/t16-/m1/s1. The summed E-state index contributed by atoms with van der Waals surface area (Å²) >= 11 is 1.58. The Morgan fingerprint density at radius 3 is 2.70 bits per heavy atom. The summed E-state index contributed by atoms with van der Waals surface area (Å²) in [6.07, 6.45) is 6.58. The molecule has 2 aromatic rings. The molecule has 1 saturated heterocycles. The number of ketones is 1. The number of benzene rings is 1. The van der Waals surface area contributed by atoms with Crippen molar-refractivity contribution in [1.82, 2.24) is 10.3 Å². The number of nitrogens with zero attached hydrogens (tertiary/aromatic N) is 1. The molecule has 1 N–H and O–H groups in total. The Kier molecular flexibility index (Phi) is 5.47. The first-order valence-electron chi connectivity index (χ1n) is 8.09. The molecule has 0 spiro atoms. The van der Waals surface area contributed by atoms with Crippen molar-refractivity contribution < 1.29 is 4.79 Å². The maximum atomic E-state index is 12.3. The Bertz CT molecular complexity index is 646. The van der Waals surface area contributed by atoms with Crippen LogP contribution in [-0.4, -0.2) is 30.1 Å². The molecule has 3 nitrogen and oxygen atoms in total. The van der Waals surface area contributed by atoms with E-state index in [0.717, 1.165) is 23.7 Å². The minimum Gasteiger partial charge on any atom is -0.316 e. The third kappa shape index (κ3) is 4.21. The van der Waals surface area contributed by atoms with Gasteiger partial charge in [-0.05, 0) is 54.8 Å². The molecule has 23 heavy (non-hydrogen) atoms. The third-order valence-electron chi connectivity index (χ3n) is 4.38. The molecule has 120 valence electrons. The van der Waals surface area contributed by atoms with E-state index >= 15 is 0 Å². The molecule has 1 fully saturated rings. The third-order valence-corrected chi connectivity index (χ3v) is 5.04. The molecule has 0 aliphatic carbocycles. The second-order valence-electron chi connectivity index (χ2n) is 5.97. The van der Waals surface area contributed by atoms with E-state index in [1.165, 1.54) is 18.4 Å². The van der Waals surface area contributed by atoms with Crippen molar-refractivity contribution in [3.05, 3.63) is 59.3 Å². The average molecular weight is 326 g/mol. The molecular weight excluding hydrogens is 304 g/mol. The minimum atomic E-state index is 0.122. The first kappa shape index (κ1) is 16.2.